The molecule has 0 spiro atoms. The van der Waals surface area contributed by atoms with Gasteiger partial charge in [0.05, 0.1) is 0 Å². The average Bonchev–Trinajstić information content (AvgIpc) is 2.24. The molecule has 2 heteroatoms. The zero-order valence-corrected chi connectivity index (χ0v) is 8.69. The van der Waals surface area contributed by atoms with Crippen molar-refractivity contribution in [3.8, 4) is 0 Å². The van der Waals surface area contributed by atoms with Crippen LogP contribution < -0.4 is 5.32 Å². The fraction of sp³-hybridized carbons (Fsp3) is 0.900. The van der Waals surface area contributed by atoms with Gasteiger partial charge in [-0.2, -0.15) is 0 Å². The van der Waals surface area contributed by atoms with Crippen LogP contribution in [-0.4, -0.2) is 12.5 Å². The van der Waals surface area contributed by atoms with Crippen molar-refractivity contribution in [3.63, 3.8) is 0 Å². The van der Waals surface area contributed by atoms with Crippen LogP contribution in [0.15, 0.2) is 0 Å². The number of nitrogens with one attached hydrogen (secondary N) is 1. The smallest absolute Gasteiger partial charge is 0.224 e. The Bertz CT molecular complexity index is 192. The summed E-state index contributed by atoms with van der Waals surface area (Å²) in [6.45, 7) is 11.3. The highest BCUT2D eigenvalue weighted by molar-refractivity contribution is 5.84. The fourth-order valence-corrected chi connectivity index (χ4v) is 2.13. The number of hydrogen-bond donors (Lipinski definition) is 1. The zero-order valence-electron chi connectivity index (χ0n) is 8.69. The number of hydrogen-bond acceptors (Lipinski definition) is 1. The van der Waals surface area contributed by atoms with Crippen LogP contribution >= 0.6 is 0 Å². The van der Waals surface area contributed by atoms with Gasteiger partial charge in [-0.1, -0.05) is 27.7 Å². The van der Waals surface area contributed by atoms with E-state index in [1.165, 1.54) is 0 Å². The van der Waals surface area contributed by atoms with E-state index < -0.39 is 0 Å². The lowest BCUT2D eigenvalue weighted by atomic mass is 10.0. The molecule has 0 aromatic carbocycles. The first-order valence-corrected chi connectivity index (χ1v) is 4.63. The van der Waals surface area contributed by atoms with Gasteiger partial charge >= 0.3 is 0 Å². The van der Waals surface area contributed by atoms with Crippen molar-refractivity contribution in [2.45, 2.75) is 34.6 Å². The van der Waals surface area contributed by atoms with E-state index in [4.69, 9.17) is 0 Å². The first kappa shape index (κ1) is 9.56. The summed E-state index contributed by atoms with van der Waals surface area (Å²) < 4.78 is 0. The van der Waals surface area contributed by atoms with Gasteiger partial charge in [0.1, 0.15) is 0 Å². The van der Waals surface area contributed by atoms with Gasteiger partial charge in [0.25, 0.3) is 0 Å². The van der Waals surface area contributed by atoms with Gasteiger partial charge in [0, 0.05) is 12.5 Å². The van der Waals surface area contributed by atoms with E-state index in [0.29, 0.717) is 0 Å². The molecule has 1 fully saturated rings. The van der Waals surface area contributed by atoms with E-state index in [0.717, 1.165) is 6.54 Å². The van der Waals surface area contributed by atoms with Gasteiger partial charge < -0.3 is 5.32 Å². The molecule has 0 saturated heterocycles. The number of amides is 1. The largest absolute Gasteiger partial charge is 0.356 e. The van der Waals surface area contributed by atoms with Gasteiger partial charge in [-0.25, -0.2) is 0 Å². The molecule has 0 atom stereocenters. The van der Waals surface area contributed by atoms with Crippen LogP contribution in [0.5, 0.6) is 0 Å². The van der Waals surface area contributed by atoms with E-state index in [1.54, 1.807) is 0 Å². The Balaban J connectivity index is 2.64. The van der Waals surface area contributed by atoms with Gasteiger partial charge in [-0.05, 0) is 17.8 Å². The maximum Gasteiger partial charge on any atom is 0.224 e. The monoisotopic (exact) mass is 169 g/mol. The Kier molecular flexibility index (Phi) is 1.97. The van der Waals surface area contributed by atoms with Crippen LogP contribution in [0.25, 0.3) is 0 Å². The summed E-state index contributed by atoms with van der Waals surface area (Å²) in [5.41, 5.74) is 0.346. The Morgan fingerprint density at radius 2 is 1.67 bits per heavy atom. The van der Waals surface area contributed by atoms with Crippen LogP contribution in [-0.2, 0) is 4.79 Å². The zero-order chi connectivity index (χ0) is 9.57. The van der Waals surface area contributed by atoms with E-state index in [-0.39, 0.29) is 22.7 Å². The molecule has 0 aliphatic heterocycles. The molecule has 0 aromatic rings. The average molecular weight is 169 g/mol. The third kappa shape index (κ3) is 1.05. The summed E-state index contributed by atoms with van der Waals surface area (Å²) in [5, 5.41) is 2.88. The van der Waals surface area contributed by atoms with Crippen LogP contribution in [0.3, 0.4) is 0 Å². The Labute approximate surface area is 74.7 Å². The standard InChI is InChI=1S/C10H19NO/c1-6-11-8(12)7-9(2,3)10(7,4)5/h7H,6H2,1-5H3,(H,11,12). The summed E-state index contributed by atoms with van der Waals surface area (Å²) in [4.78, 5) is 11.5. The normalized spacial score (nSPS) is 25.1. The first-order chi connectivity index (χ1) is 5.35. The molecule has 1 N–H and O–H groups in total. The molecule has 1 amide bonds. The molecule has 12 heavy (non-hydrogen) atoms. The molecule has 1 rings (SSSR count). The van der Waals surface area contributed by atoms with Crippen molar-refractivity contribution in [2.75, 3.05) is 6.54 Å². The van der Waals surface area contributed by atoms with Crippen LogP contribution in [0.4, 0.5) is 0 Å². The predicted octanol–water partition coefficient (Wildman–Crippen LogP) is 1.80. The molecule has 0 heterocycles. The molecule has 0 radical (unpaired) electrons. The van der Waals surface area contributed by atoms with Gasteiger partial charge in [-0.3, -0.25) is 4.79 Å². The SMILES string of the molecule is CCNC(=O)C1C(C)(C)C1(C)C. The van der Waals surface area contributed by atoms with Crippen LogP contribution in [0, 0.1) is 16.7 Å². The number of rotatable bonds is 2. The van der Waals surface area contributed by atoms with Gasteiger partial charge in [-0.15, -0.1) is 0 Å². The Morgan fingerprint density at radius 3 is 1.92 bits per heavy atom. The van der Waals surface area contributed by atoms with Gasteiger partial charge in [0.15, 0.2) is 0 Å². The highest BCUT2D eigenvalue weighted by Crippen LogP contribution is 2.68. The molecule has 70 valence electrons. The summed E-state index contributed by atoms with van der Waals surface area (Å²) >= 11 is 0. The van der Waals surface area contributed by atoms with Gasteiger partial charge in [0.2, 0.25) is 5.91 Å². The molecule has 2 nitrogen and oxygen atoms in total. The minimum atomic E-state index is 0.173. The molecular weight excluding hydrogens is 150 g/mol. The second kappa shape index (κ2) is 2.48. The molecular formula is C10H19NO. The maximum absolute atomic E-state index is 11.5. The Hall–Kier alpha value is -0.530. The van der Waals surface area contributed by atoms with Crippen molar-refractivity contribution in [1.29, 1.82) is 0 Å². The van der Waals surface area contributed by atoms with Crippen molar-refractivity contribution in [2.24, 2.45) is 16.7 Å². The predicted molar refractivity (Wildman–Crippen MR) is 49.7 cm³/mol. The highest BCUT2D eigenvalue weighted by atomic mass is 16.2. The third-order valence-electron chi connectivity index (χ3n) is 3.63. The molecule has 1 aliphatic rings. The van der Waals surface area contributed by atoms with Crippen LogP contribution in [0.2, 0.25) is 0 Å². The molecule has 1 saturated carbocycles. The molecule has 0 unspecified atom stereocenters. The third-order valence-corrected chi connectivity index (χ3v) is 3.63. The number of carbonyl (C=O) groups excluding carboxylic acids is 1. The lowest BCUT2D eigenvalue weighted by molar-refractivity contribution is -0.123. The molecule has 0 aromatic heterocycles. The van der Waals surface area contributed by atoms with E-state index in [2.05, 4.69) is 33.0 Å². The summed E-state index contributed by atoms with van der Waals surface area (Å²) in [6, 6.07) is 0. The Morgan fingerprint density at radius 1 is 1.25 bits per heavy atom. The van der Waals surface area contributed by atoms with E-state index >= 15 is 0 Å². The molecule has 1 aliphatic carbocycles. The lowest BCUT2D eigenvalue weighted by Gasteiger charge is -2.03. The van der Waals surface area contributed by atoms with Crippen molar-refractivity contribution < 1.29 is 4.79 Å². The van der Waals surface area contributed by atoms with E-state index in [1.807, 2.05) is 6.92 Å². The van der Waals surface area contributed by atoms with Crippen molar-refractivity contribution in [3.05, 3.63) is 0 Å². The quantitative estimate of drug-likeness (QED) is 0.671. The summed E-state index contributed by atoms with van der Waals surface area (Å²) in [7, 11) is 0. The van der Waals surface area contributed by atoms with Crippen molar-refractivity contribution in [1.82, 2.24) is 5.32 Å². The topological polar surface area (TPSA) is 29.1 Å². The van der Waals surface area contributed by atoms with Crippen molar-refractivity contribution >= 4 is 5.91 Å². The lowest BCUT2D eigenvalue weighted by Crippen LogP contribution is -2.26. The molecule has 0 bridgehead atoms. The second-order valence-electron chi connectivity index (χ2n) is 4.77. The number of carbonyl (C=O) groups is 1. The fourth-order valence-electron chi connectivity index (χ4n) is 2.13. The minimum absolute atomic E-state index is 0.173. The first-order valence-electron chi connectivity index (χ1n) is 4.63. The summed E-state index contributed by atoms with van der Waals surface area (Å²) in [6.07, 6.45) is 0. The van der Waals surface area contributed by atoms with Crippen LogP contribution in [0.1, 0.15) is 34.6 Å². The van der Waals surface area contributed by atoms with E-state index in [9.17, 15) is 4.79 Å². The minimum Gasteiger partial charge on any atom is -0.356 e. The highest BCUT2D eigenvalue weighted by Gasteiger charge is 2.67. The summed E-state index contributed by atoms with van der Waals surface area (Å²) in [5.74, 6) is 0.414. The maximum atomic E-state index is 11.5. The second-order valence-corrected chi connectivity index (χ2v) is 4.77.